The fraction of sp³-hybridized carbons (Fsp3) is 0.190. The monoisotopic (exact) mass is 443 g/mol. The molecule has 2 amide bonds. The summed E-state index contributed by atoms with van der Waals surface area (Å²) in [5.74, 6) is -2.42. The third-order valence-electron chi connectivity index (χ3n) is 4.80. The number of ketones is 1. The Kier molecular flexibility index (Phi) is 6.36. The average molecular weight is 444 g/mol. The highest BCUT2D eigenvalue weighted by Gasteiger charge is 2.45. The molecule has 1 heterocycles. The lowest BCUT2D eigenvalue weighted by Gasteiger charge is -2.25. The van der Waals surface area contributed by atoms with Crippen LogP contribution < -0.4 is 5.32 Å². The summed E-state index contributed by atoms with van der Waals surface area (Å²) in [7, 11) is 0. The lowest BCUT2D eigenvalue weighted by Crippen LogP contribution is -2.37. The standard InChI is InChI=1S/C21H18ClN3O6/c1-12(26)23-10-11-24-18(13-4-8-16(9-5-13)25(30)31)17(20(28)21(24)29)19(27)14-2-6-15(22)7-3-14/h2-9,18,27H,10-11H2,1H3,(H,23,26)/t18-/m0/s1. The number of hydrogen-bond acceptors (Lipinski definition) is 6. The molecule has 2 aromatic rings. The van der Waals surface area contributed by atoms with E-state index in [2.05, 4.69) is 5.32 Å². The minimum Gasteiger partial charge on any atom is -0.507 e. The molecule has 1 saturated heterocycles. The highest BCUT2D eigenvalue weighted by Crippen LogP contribution is 2.39. The van der Waals surface area contributed by atoms with Crippen molar-refractivity contribution in [3.05, 3.63) is 80.4 Å². The lowest BCUT2D eigenvalue weighted by molar-refractivity contribution is -0.384. The second-order valence-corrected chi connectivity index (χ2v) is 7.27. The first kappa shape index (κ1) is 22.0. The summed E-state index contributed by atoms with van der Waals surface area (Å²) in [6, 6.07) is 10.5. The normalized spacial score (nSPS) is 17.6. The second-order valence-electron chi connectivity index (χ2n) is 6.83. The smallest absolute Gasteiger partial charge is 0.295 e. The van der Waals surface area contributed by atoms with Crippen molar-refractivity contribution in [3.63, 3.8) is 0 Å². The van der Waals surface area contributed by atoms with Crippen molar-refractivity contribution in [2.45, 2.75) is 13.0 Å². The number of carbonyl (C=O) groups excluding carboxylic acids is 3. The summed E-state index contributed by atoms with van der Waals surface area (Å²) in [5, 5.41) is 24.8. The maximum atomic E-state index is 12.8. The number of halogens is 1. The molecule has 0 bridgehead atoms. The highest BCUT2D eigenvalue weighted by molar-refractivity contribution is 6.46. The number of aliphatic hydroxyl groups is 1. The van der Waals surface area contributed by atoms with Crippen LogP contribution >= 0.6 is 11.6 Å². The van der Waals surface area contributed by atoms with E-state index in [-0.39, 0.29) is 41.6 Å². The number of carbonyl (C=O) groups is 3. The van der Waals surface area contributed by atoms with Crippen LogP contribution in [0.5, 0.6) is 0 Å². The molecule has 0 radical (unpaired) electrons. The molecule has 0 aliphatic carbocycles. The summed E-state index contributed by atoms with van der Waals surface area (Å²) in [4.78, 5) is 48.4. The van der Waals surface area contributed by atoms with E-state index in [0.717, 1.165) is 0 Å². The van der Waals surface area contributed by atoms with Gasteiger partial charge in [0.15, 0.2) is 0 Å². The van der Waals surface area contributed by atoms with Crippen LogP contribution in [0.4, 0.5) is 5.69 Å². The number of rotatable bonds is 6. The predicted octanol–water partition coefficient (Wildman–Crippen LogP) is 2.81. The zero-order chi connectivity index (χ0) is 22.7. The Bertz CT molecular complexity index is 1080. The molecule has 2 aromatic carbocycles. The predicted molar refractivity (Wildman–Crippen MR) is 112 cm³/mol. The number of Topliss-reactive ketones (excluding diaryl/α,β-unsaturated/α-hetero) is 1. The van der Waals surface area contributed by atoms with Gasteiger partial charge in [-0.1, -0.05) is 11.6 Å². The van der Waals surface area contributed by atoms with Crippen LogP contribution in [0.1, 0.15) is 24.1 Å². The van der Waals surface area contributed by atoms with Crippen LogP contribution in [0, 0.1) is 10.1 Å². The van der Waals surface area contributed by atoms with Gasteiger partial charge in [-0.3, -0.25) is 24.5 Å². The number of nitrogens with zero attached hydrogens (tertiary/aromatic N) is 2. The molecule has 160 valence electrons. The second kappa shape index (κ2) is 8.97. The number of hydrogen-bond donors (Lipinski definition) is 2. The summed E-state index contributed by atoms with van der Waals surface area (Å²) < 4.78 is 0. The molecule has 1 atom stereocenters. The number of aliphatic hydroxyl groups excluding tert-OH is 1. The number of likely N-dealkylation sites (tertiary alicyclic amines) is 1. The van der Waals surface area contributed by atoms with Gasteiger partial charge in [0.1, 0.15) is 5.76 Å². The van der Waals surface area contributed by atoms with Crippen LogP contribution in [0.3, 0.4) is 0 Å². The molecule has 1 aliphatic heterocycles. The molecule has 9 nitrogen and oxygen atoms in total. The van der Waals surface area contributed by atoms with Gasteiger partial charge < -0.3 is 15.3 Å². The molecule has 0 saturated carbocycles. The summed E-state index contributed by atoms with van der Waals surface area (Å²) in [6.07, 6.45) is 0. The Balaban J connectivity index is 2.10. The fourth-order valence-electron chi connectivity index (χ4n) is 3.35. The first-order chi connectivity index (χ1) is 14.7. The third kappa shape index (κ3) is 4.56. The molecule has 0 unspecified atom stereocenters. The number of non-ortho nitro benzene ring substituents is 1. The largest absolute Gasteiger partial charge is 0.507 e. The van der Waals surface area contributed by atoms with Crippen LogP contribution in [-0.4, -0.2) is 45.6 Å². The van der Waals surface area contributed by atoms with Crippen LogP contribution in [0.2, 0.25) is 5.02 Å². The van der Waals surface area contributed by atoms with Crippen molar-refractivity contribution in [3.8, 4) is 0 Å². The van der Waals surface area contributed by atoms with Gasteiger partial charge in [-0.25, -0.2) is 0 Å². The molecule has 31 heavy (non-hydrogen) atoms. The first-order valence-electron chi connectivity index (χ1n) is 9.24. The van der Waals surface area contributed by atoms with E-state index in [9.17, 15) is 29.6 Å². The summed E-state index contributed by atoms with van der Waals surface area (Å²) in [6.45, 7) is 1.42. The van der Waals surface area contributed by atoms with Crippen molar-refractivity contribution in [1.82, 2.24) is 10.2 Å². The minimum atomic E-state index is -0.981. The first-order valence-corrected chi connectivity index (χ1v) is 9.61. The van der Waals surface area contributed by atoms with Crippen LogP contribution in [0.15, 0.2) is 54.1 Å². The quantitative estimate of drug-likeness (QED) is 0.232. The average Bonchev–Trinajstić information content (AvgIpc) is 2.98. The molecule has 0 aromatic heterocycles. The van der Waals surface area contributed by atoms with Crippen molar-refractivity contribution in [2.24, 2.45) is 0 Å². The fourth-order valence-corrected chi connectivity index (χ4v) is 3.48. The van der Waals surface area contributed by atoms with Gasteiger partial charge in [0, 0.05) is 42.7 Å². The van der Waals surface area contributed by atoms with Crippen LogP contribution in [-0.2, 0) is 14.4 Å². The molecule has 1 aliphatic rings. The van der Waals surface area contributed by atoms with Crippen molar-refractivity contribution in [2.75, 3.05) is 13.1 Å². The van der Waals surface area contributed by atoms with Crippen molar-refractivity contribution >= 4 is 40.6 Å². The Morgan fingerprint density at radius 1 is 1.16 bits per heavy atom. The Hall–Kier alpha value is -3.72. The molecular formula is C21H18ClN3O6. The van der Waals surface area contributed by atoms with E-state index < -0.39 is 22.7 Å². The number of nitrogens with one attached hydrogen (secondary N) is 1. The maximum absolute atomic E-state index is 12.8. The SMILES string of the molecule is CC(=O)NCCN1C(=O)C(=O)C(=C(O)c2ccc(Cl)cc2)[C@@H]1c1ccc([N+](=O)[O-])cc1. The van der Waals surface area contributed by atoms with Gasteiger partial charge in [0.2, 0.25) is 5.91 Å². The van der Waals surface area contributed by atoms with Gasteiger partial charge in [0.25, 0.3) is 17.4 Å². The zero-order valence-corrected chi connectivity index (χ0v) is 17.1. The van der Waals surface area contributed by atoms with Gasteiger partial charge in [-0.2, -0.15) is 0 Å². The van der Waals surface area contributed by atoms with E-state index >= 15 is 0 Å². The van der Waals surface area contributed by atoms with Gasteiger partial charge in [-0.15, -0.1) is 0 Å². The molecule has 2 N–H and O–H groups in total. The summed E-state index contributed by atoms with van der Waals surface area (Å²) in [5.41, 5.74) is 0.389. The summed E-state index contributed by atoms with van der Waals surface area (Å²) >= 11 is 5.88. The number of amides is 2. The highest BCUT2D eigenvalue weighted by atomic mass is 35.5. The number of nitro benzene ring substituents is 1. The zero-order valence-electron chi connectivity index (χ0n) is 16.4. The lowest BCUT2D eigenvalue weighted by atomic mass is 9.95. The van der Waals surface area contributed by atoms with E-state index in [1.54, 1.807) is 0 Å². The van der Waals surface area contributed by atoms with Gasteiger partial charge in [-0.05, 0) is 42.0 Å². The van der Waals surface area contributed by atoms with Crippen molar-refractivity contribution in [1.29, 1.82) is 0 Å². The Morgan fingerprint density at radius 3 is 2.32 bits per heavy atom. The topological polar surface area (TPSA) is 130 Å². The maximum Gasteiger partial charge on any atom is 0.295 e. The minimum absolute atomic E-state index is 0.00318. The Morgan fingerprint density at radius 2 is 1.77 bits per heavy atom. The third-order valence-corrected chi connectivity index (χ3v) is 5.06. The van der Waals surface area contributed by atoms with Crippen molar-refractivity contribution < 1.29 is 24.4 Å². The van der Waals surface area contributed by atoms with E-state index in [1.165, 1.54) is 60.4 Å². The Labute approximate surface area is 182 Å². The molecule has 10 heteroatoms. The van der Waals surface area contributed by atoms with Crippen LogP contribution in [0.25, 0.3) is 5.76 Å². The molecule has 1 fully saturated rings. The van der Waals surface area contributed by atoms with E-state index in [4.69, 9.17) is 11.6 Å². The van der Waals surface area contributed by atoms with Gasteiger partial charge >= 0.3 is 0 Å². The number of nitro groups is 1. The molecular weight excluding hydrogens is 426 g/mol. The number of benzene rings is 2. The molecule has 0 spiro atoms. The van der Waals surface area contributed by atoms with E-state index in [1.807, 2.05) is 0 Å². The molecule has 3 rings (SSSR count). The van der Waals surface area contributed by atoms with Gasteiger partial charge in [0.05, 0.1) is 16.5 Å². The van der Waals surface area contributed by atoms with E-state index in [0.29, 0.717) is 10.6 Å².